The van der Waals surface area contributed by atoms with Gasteiger partial charge in [-0.1, -0.05) is 6.07 Å². The third-order valence-electron chi connectivity index (χ3n) is 1.69. The summed E-state index contributed by atoms with van der Waals surface area (Å²) in [5.41, 5.74) is 0.711. The molecule has 1 N–H and O–H groups in total. The van der Waals surface area contributed by atoms with E-state index in [1.165, 1.54) is 17.4 Å². The molecule has 2 aromatic heterocycles. The van der Waals surface area contributed by atoms with E-state index >= 15 is 0 Å². The van der Waals surface area contributed by atoms with Crippen molar-refractivity contribution >= 4 is 17.0 Å². The lowest BCUT2D eigenvalue weighted by Gasteiger charge is -1.91. The fourth-order valence-corrected chi connectivity index (χ4v) is 1.87. The van der Waals surface area contributed by atoms with Crippen LogP contribution in [0.1, 0.15) is 0 Å². The summed E-state index contributed by atoms with van der Waals surface area (Å²) >= 11 is 1.48. The van der Waals surface area contributed by atoms with Crippen LogP contribution in [0.3, 0.4) is 0 Å². The smallest absolute Gasteiger partial charge is 0.295 e. The zero-order valence-corrected chi connectivity index (χ0v) is 7.38. The molecule has 0 fully saturated rings. The topological polar surface area (TPSA) is 58.9 Å². The first kappa shape index (κ1) is 8.00. The molecular weight excluding hydrogens is 188 g/mol. The standard InChI is InChI=1S/C8H6N2O2S/c11-10(12)6-3-4-9-8(6)7-2-1-5-13-7/h1-5,9H. The van der Waals surface area contributed by atoms with E-state index in [2.05, 4.69) is 4.98 Å². The highest BCUT2D eigenvalue weighted by Gasteiger charge is 2.16. The number of hydrogen-bond donors (Lipinski definition) is 1. The van der Waals surface area contributed by atoms with Crippen LogP contribution in [-0.4, -0.2) is 9.91 Å². The van der Waals surface area contributed by atoms with E-state index in [9.17, 15) is 10.1 Å². The molecule has 66 valence electrons. The van der Waals surface area contributed by atoms with Crippen LogP contribution in [0.5, 0.6) is 0 Å². The van der Waals surface area contributed by atoms with E-state index in [1.807, 2.05) is 17.5 Å². The van der Waals surface area contributed by atoms with E-state index in [4.69, 9.17) is 0 Å². The largest absolute Gasteiger partial charge is 0.355 e. The van der Waals surface area contributed by atoms with Crippen LogP contribution in [-0.2, 0) is 0 Å². The van der Waals surface area contributed by atoms with Crippen molar-refractivity contribution in [2.24, 2.45) is 0 Å². The van der Waals surface area contributed by atoms with E-state index < -0.39 is 0 Å². The minimum absolute atomic E-state index is 0.127. The van der Waals surface area contributed by atoms with Crippen LogP contribution >= 0.6 is 11.3 Å². The van der Waals surface area contributed by atoms with Gasteiger partial charge in [-0.25, -0.2) is 0 Å². The number of nitrogens with zero attached hydrogens (tertiary/aromatic N) is 1. The van der Waals surface area contributed by atoms with Crippen molar-refractivity contribution in [3.8, 4) is 10.6 Å². The number of aromatic nitrogens is 1. The summed E-state index contributed by atoms with van der Waals surface area (Å²) in [5, 5.41) is 12.5. The Labute approximate surface area is 78.0 Å². The number of aromatic amines is 1. The number of thiophene rings is 1. The second-order valence-electron chi connectivity index (χ2n) is 2.47. The van der Waals surface area contributed by atoms with Gasteiger partial charge < -0.3 is 4.98 Å². The number of nitro groups is 1. The molecule has 0 aliphatic carbocycles. The number of rotatable bonds is 2. The van der Waals surface area contributed by atoms with E-state index in [1.54, 1.807) is 6.20 Å². The molecular formula is C8H6N2O2S. The fourth-order valence-electron chi connectivity index (χ4n) is 1.13. The summed E-state index contributed by atoms with van der Waals surface area (Å²) in [6.07, 6.45) is 1.58. The maximum atomic E-state index is 10.6. The summed E-state index contributed by atoms with van der Waals surface area (Å²) in [5.74, 6) is 0. The lowest BCUT2D eigenvalue weighted by atomic mass is 10.3. The van der Waals surface area contributed by atoms with Gasteiger partial charge in [0.15, 0.2) is 0 Å². The zero-order chi connectivity index (χ0) is 9.26. The van der Waals surface area contributed by atoms with Gasteiger partial charge >= 0.3 is 0 Å². The second-order valence-corrected chi connectivity index (χ2v) is 3.42. The van der Waals surface area contributed by atoms with Gasteiger partial charge in [-0.05, 0) is 11.4 Å². The van der Waals surface area contributed by atoms with Crippen molar-refractivity contribution in [3.05, 3.63) is 39.9 Å². The first-order valence-corrected chi connectivity index (χ1v) is 4.52. The Morgan fingerprint density at radius 1 is 1.46 bits per heavy atom. The van der Waals surface area contributed by atoms with E-state index in [0.29, 0.717) is 5.69 Å². The lowest BCUT2D eigenvalue weighted by molar-refractivity contribution is -0.384. The summed E-state index contributed by atoms with van der Waals surface area (Å²) in [6.45, 7) is 0. The summed E-state index contributed by atoms with van der Waals surface area (Å²) in [6, 6.07) is 5.18. The number of hydrogen-bond acceptors (Lipinski definition) is 3. The molecule has 0 spiro atoms. The van der Waals surface area contributed by atoms with Crippen molar-refractivity contribution in [1.82, 2.24) is 4.98 Å². The molecule has 0 radical (unpaired) electrons. The Morgan fingerprint density at radius 3 is 2.92 bits per heavy atom. The van der Waals surface area contributed by atoms with Gasteiger partial charge in [-0.3, -0.25) is 10.1 Å². The fraction of sp³-hybridized carbons (Fsp3) is 0. The molecule has 2 heterocycles. The lowest BCUT2D eigenvalue weighted by Crippen LogP contribution is -1.87. The van der Waals surface area contributed by atoms with Crippen molar-refractivity contribution in [1.29, 1.82) is 0 Å². The Balaban J connectivity index is 2.52. The average Bonchev–Trinajstić information content (AvgIpc) is 2.74. The van der Waals surface area contributed by atoms with E-state index in [0.717, 1.165) is 4.88 Å². The summed E-state index contributed by atoms with van der Waals surface area (Å²) in [7, 11) is 0. The second kappa shape index (κ2) is 3.02. The molecule has 2 aromatic rings. The first-order valence-electron chi connectivity index (χ1n) is 3.64. The Kier molecular flexibility index (Phi) is 1.86. The number of nitrogens with one attached hydrogen (secondary N) is 1. The minimum Gasteiger partial charge on any atom is -0.355 e. The van der Waals surface area contributed by atoms with Crippen LogP contribution < -0.4 is 0 Å². The zero-order valence-electron chi connectivity index (χ0n) is 6.56. The minimum atomic E-state index is -0.383. The van der Waals surface area contributed by atoms with Crippen molar-refractivity contribution in [3.63, 3.8) is 0 Å². The quantitative estimate of drug-likeness (QED) is 0.590. The normalized spacial score (nSPS) is 10.2. The Hall–Kier alpha value is -1.62. The Morgan fingerprint density at radius 2 is 2.31 bits per heavy atom. The highest BCUT2D eigenvalue weighted by Crippen LogP contribution is 2.31. The molecule has 0 saturated heterocycles. The molecule has 4 nitrogen and oxygen atoms in total. The predicted octanol–water partition coefficient (Wildman–Crippen LogP) is 2.65. The van der Waals surface area contributed by atoms with Crippen molar-refractivity contribution in [2.75, 3.05) is 0 Å². The molecule has 0 bridgehead atoms. The van der Waals surface area contributed by atoms with Crippen LogP contribution in [0.2, 0.25) is 0 Å². The van der Waals surface area contributed by atoms with Crippen LogP contribution in [0.25, 0.3) is 10.6 Å². The Bertz CT molecular complexity index is 419. The van der Waals surface area contributed by atoms with Gasteiger partial charge in [0, 0.05) is 12.3 Å². The molecule has 5 heteroatoms. The van der Waals surface area contributed by atoms with Gasteiger partial charge in [0.1, 0.15) is 5.69 Å². The van der Waals surface area contributed by atoms with Gasteiger partial charge in [-0.2, -0.15) is 0 Å². The van der Waals surface area contributed by atoms with Crippen molar-refractivity contribution in [2.45, 2.75) is 0 Å². The maximum absolute atomic E-state index is 10.6. The SMILES string of the molecule is O=[N+]([O-])c1cc[nH]c1-c1cccs1. The molecule has 0 saturated carbocycles. The predicted molar refractivity (Wildman–Crippen MR) is 50.8 cm³/mol. The first-order chi connectivity index (χ1) is 6.29. The summed E-state index contributed by atoms with van der Waals surface area (Å²) < 4.78 is 0. The molecule has 0 aliphatic heterocycles. The molecule has 0 amide bonds. The van der Waals surface area contributed by atoms with Crippen LogP contribution in [0.15, 0.2) is 29.8 Å². The molecule has 2 rings (SSSR count). The van der Waals surface area contributed by atoms with Crippen LogP contribution in [0, 0.1) is 10.1 Å². The van der Waals surface area contributed by atoms with Crippen LogP contribution in [0.4, 0.5) is 5.69 Å². The average molecular weight is 194 g/mol. The van der Waals surface area contributed by atoms with Gasteiger partial charge in [-0.15, -0.1) is 11.3 Å². The van der Waals surface area contributed by atoms with Gasteiger partial charge in [0.05, 0.1) is 9.80 Å². The molecule has 0 atom stereocenters. The highest BCUT2D eigenvalue weighted by atomic mass is 32.1. The highest BCUT2D eigenvalue weighted by molar-refractivity contribution is 7.13. The van der Waals surface area contributed by atoms with Gasteiger partial charge in [0.25, 0.3) is 5.69 Å². The summed E-state index contributed by atoms with van der Waals surface area (Å²) in [4.78, 5) is 13.9. The monoisotopic (exact) mass is 194 g/mol. The van der Waals surface area contributed by atoms with Crippen molar-refractivity contribution < 1.29 is 4.92 Å². The van der Waals surface area contributed by atoms with E-state index in [-0.39, 0.29) is 10.6 Å². The maximum Gasteiger partial charge on any atom is 0.295 e. The van der Waals surface area contributed by atoms with Gasteiger partial charge in [0.2, 0.25) is 0 Å². The molecule has 13 heavy (non-hydrogen) atoms. The molecule has 0 aliphatic rings. The number of H-pyrrole nitrogens is 1. The molecule has 0 aromatic carbocycles. The molecule has 0 unspecified atom stereocenters. The third-order valence-corrected chi connectivity index (χ3v) is 2.58. The third kappa shape index (κ3) is 1.33.